The van der Waals surface area contributed by atoms with Gasteiger partial charge in [0.25, 0.3) is 0 Å². The van der Waals surface area contributed by atoms with Crippen molar-refractivity contribution < 1.29 is 19.2 Å². The lowest BCUT2D eigenvalue weighted by Crippen LogP contribution is -2.24. The standard InChI is InChI=1S/C20H22N4O.C19H19ClN4O.C18H21N5O.C17H24N4O.C16H21ClN4/c1-14-12-17-19(21-13-14)24(16-8-5-9-16)20(22-17)23-18(25)11-10-15-6-3-2-4-7-15;1-12-5-7-13(8-6-12)9-17(25)23-19-22-16-10-14(20)11-21-18(16)24(19)15-3-2-4-15;1-11-6-13(19-9-11)8-16(24)22-18-21-15-7-12(2)10-20-17(15)23(18)14-4-3-5-14;1-11-8-13-15(18-10-11)21(12-6-5-7-12)16(19-13)20-14(22)9-17(2,3)4;1-10(2)7-11(3)19-16-20-14-8-12(17)9-18-15(14)21(16)13-5-4-6-13/h2-4,6-7,12-13,16H,5,8-11H2,1H3,(H,22,23,25);5-8,10-11,15H,2-4,9H2,1H3,(H,22,23,25);6-7,10,14H,3-5,8-9H2,1-2H3,(H,21,22,24);8,10,12H,5-7,9H2,1-4H3,(H,19,20,22);8-10,13H,3-7H2,1-2H3,(H,19,20). The molecule has 5 fully saturated rings. The van der Waals surface area contributed by atoms with E-state index in [4.69, 9.17) is 23.2 Å². The van der Waals surface area contributed by atoms with E-state index in [0.29, 0.717) is 101 Å². The Morgan fingerprint density at radius 1 is 0.444 bits per heavy atom. The van der Waals surface area contributed by atoms with E-state index in [1.165, 1.54) is 61.6 Å². The molecule has 5 aliphatic carbocycles. The first kappa shape index (κ1) is 82.5. The van der Waals surface area contributed by atoms with Gasteiger partial charge < -0.3 is 5.32 Å². The van der Waals surface area contributed by atoms with Crippen LogP contribution in [-0.4, -0.2) is 109 Å². The molecule has 0 bridgehead atoms. The predicted molar refractivity (Wildman–Crippen MR) is 467 cm³/mol. The summed E-state index contributed by atoms with van der Waals surface area (Å²) in [6.07, 6.45) is 31.4. The normalized spacial score (nSPS) is 15.5. The van der Waals surface area contributed by atoms with Crippen LogP contribution in [0.15, 0.2) is 145 Å². The van der Waals surface area contributed by atoms with Crippen molar-refractivity contribution in [2.24, 2.45) is 16.3 Å². The lowest BCUT2D eigenvalue weighted by Gasteiger charge is -2.29. The molecule has 11 heterocycles. The second-order valence-corrected chi connectivity index (χ2v) is 34.8. The molecule has 0 unspecified atom stereocenters. The van der Waals surface area contributed by atoms with Crippen LogP contribution in [0.5, 0.6) is 0 Å². The number of aromatic nitrogens is 15. The summed E-state index contributed by atoms with van der Waals surface area (Å²) < 4.78 is 10.6. The molecule has 12 aromatic rings. The number of pyridine rings is 5. The van der Waals surface area contributed by atoms with E-state index in [9.17, 15) is 19.2 Å². The first-order valence-corrected chi connectivity index (χ1v) is 42.1. The van der Waals surface area contributed by atoms with Crippen LogP contribution in [0.2, 0.25) is 10.0 Å². The average Bonchev–Trinajstić information content (AvgIpc) is 1.66. The number of hydrogen-bond donors (Lipinski definition) is 5. The van der Waals surface area contributed by atoms with Gasteiger partial charge in [0.2, 0.25) is 53.4 Å². The summed E-state index contributed by atoms with van der Waals surface area (Å²) >= 11 is 12.1. The Balaban J connectivity index is 0.000000121. The van der Waals surface area contributed by atoms with Crippen molar-refractivity contribution in [2.45, 2.75) is 234 Å². The van der Waals surface area contributed by atoms with E-state index in [1.54, 1.807) is 18.5 Å². The molecule has 6 aliphatic rings. The molecule has 0 saturated heterocycles. The molecule has 18 rings (SSSR count). The van der Waals surface area contributed by atoms with E-state index in [-0.39, 0.29) is 35.5 Å². The first-order valence-electron chi connectivity index (χ1n) is 41.3. The van der Waals surface area contributed by atoms with Crippen molar-refractivity contribution in [3.63, 3.8) is 0 Å². The van der Waals surface area contributed by atoms with E-state index in [1.807, 2.05) is 143 Å². The minimum Gasteiger partial charge on any atom is -0.330 e. The molecular weight excluding hydrogens is 1510 g/mol. The van der Waals surface area contributed by atoms with E-state index in [0.717, 1.165) is 154 Å². The first-order chi connectivity index (χ1) is 56.3. The number of benzene rings is 2. The summed E-state index contributed by atoms with van der Waals surface area (Å²) in [6.45, 7) is 25.4. The summed E-state index contributed by atoms with van der Waals surface area (Å²) in [5.74, 6) is 3.72. The van der Waals surface area contributed by atoms with Crippen molar-refractivity contribution in [2.75, 3.05) is 33.1 Å². The Kier molecular flexibility index (Phi) is 25.8. The monoisotopic (exact) mass is 1620 g/mol. The number of aryl methyl sites for hydroxylation is 5. The van der Waals surface area contributed by atoms with E-state index >= 15 is 0 Å². The number of nitrogens with zero attached hydrogens (tertiary/aromatic N) is 16. The molecule has 0 radical (unpaired) electrons. The highest BCUT2D eigenvalue weighted by molar-refractivity contribution is 6.31. The number of anilines is 5. The van der Waals surface area contributed by atoms with Gasteiger partial charge in [-0.2, -0.15) is 0 Å². The molecule has 5 saturated carbocycles. The number of nitrogens with one attached hydrogen (secondary N) is 5. The van der Waals surface area contributed by atoms with Crippen molar-refractivity contribution in [3.8, 4) is 0 Å². The number of carbonyl (C=O) groups is 4. The third-order valence-corrected chi connectivity index (χ3v) is 22.5. The quantitative estimate of drug-likeness (QED) is 0.0447. The Hall–Kier alpha value is -11.1. The van der Waals surface area contributed by atoms with Gasteiger partial charge in [-0.25, -0.2) is 49.8 Å². The van der Waals surface area contributed by atoms with Crippen LogP contribution in [-0.2, 0) is 32.0 Å². The zero-order valence-electron chi connectivity index (χ0n) is 68.8. The van der Waals surface area contributed by atoms with Gasteiger partial charge in [-0.3, -0.25) is 68.3 Å². The number of allylic oxidation sites excluding steroid dienone is 2. The van der Waals surface area contributed by atoms with Gasteiger partial charge in [0.15, 0.2) is 28.2 Å². The minimum atomic E-state index is -0.0779. The summed E-state index contributed by atoms with van der Waals surface area (Å²) in [5.41, 5.74) is 17.9. The lowest BCUT2D eigenvalue weighted by atomic mass is 9.92. The number of aliphatic imine (C=N–C) groups is 1. The maximum Gasteiger partial charge on any atom is 0.232 e. The van der Waals surface area contributed by atoms with Gasteiger partial charge in [-0.05, 0) is 219 Å². The van der Waals surface area contributed by atoms with Crippen molar-refractivity contribution in [1.82, 2.24) is 72.7 Å². The van der Waals surface area contributed by atoms with Crippen molar-refractivity contribution in [1.29, 1.82) is 0 Å². The lowest BCUT2D eigenvalue weighted by molar-refractivity contribution is -0.118. The number of amides is 4. The molecule has 4 amide bonds. The second-order valence-electron chi connectivity index (χ2n) is 33.9. The highest BCUT2D eigenvalue weighted by atomic mass is 35.5. The fourth-order valence-corrected chi connectivity index (χ4v) is 15.4. The van der Waals surface area contributed by atoms with Gasteiger partial charge >= 0.3 is 0 Å². The third-order valence-electron chi connectivity index (χ3n) is 22.1. The number of halogens is 2. The molecule has 5 N–H and O–H groups in total. The number of fused-ring (bicyclic) bond motifs is 5. The van der Waals surface area contributed by atoms with Crippen LogP contribution in [0.1, 0.15) is 227 Å². The van der Waals surface area contributed by atoms with Gasteiger partial charge in [0.05, 0.1) is 29.4 Å². The molecule has 2 aromatic carbocycles. The Morgan fingerprint density at radius 3 is 1.16 bits per heavy atom. The van der Waals surface area contributed by atoms with Crippen LogP contribution in [0.3, 0.4) is 0 Å². The zero-order chi connectivity index (χ0) is 82.2. The van der Waals surface area contributed by atoms with Gasteiger partial charge in [0.1, 0.15) is 27.6 Å². The Bertz CT molecular complexity index is 5690. The predicted octanol–water partition coefficient (Wildman–Crippen LogP) is 20.2. The molecule has 27 heteroatoms. The van der Waals surface area contributed by atoms with Crippen LogP contribution >= 0.6 is 23.2 Å². The summed E-state index contributed by atoms with van der Waals surface area (Å²) in [6, 6.07) is 29.8. The molecule has 1 aliphatic heterocycles. The summed E-state index contributed by atoms with van der Waals surface area (Å²) in [4.78, 5) is 99.6. The van der Waals surface area contributed by atoms with Crippen LogP contribution in [0.25, 0.3) is 55.8 Å². The third kappa shape index (κ3) is 20.5. The molecular formula is C90H107Cl2N21O4. The molecule has 25 nitrogen and oxygen atoms in total. The van der Waals surface area contributed by atoms with E-state index in [2.05, 4.69) is 141 Å². The van der Waals surface area contributed by atoms with Gasteiger partial charge in [0, 0.05) is 85.4 Å². The summed E-state index contributed by atoms with van der Waals surface area (Å²) in [5, 5.41) is 16.5. The SMILES string of the molecule is C=C(CC(C)C)Nc1nc2cc(Cl)cnc2n1C1CCC1.CC1=CC(CC(=O)Nc2nc3cc(C)cnc3n2C2CCC2)=NC1.Cc1ccc(CC(=O)Nc2nc3cc(Cl)cnc3n2C2CCC2)cc1.Cc1cnc2c(c1)nc(NC(=O)CC(C)(C)C)n2C1CCC1.Cc1cnc2c(c1)nc(NC(=O)CCc1ccccc1)n2C1CCC1. The molecule has 117 heavy (non-hydrogen) atoms. The fraction of sp³-hybridized carbons (Fsp3) is 0.433. The maximum atomic E-state index is 12.5. The number of imidazole rings is 5. The number of rotatable bonds is 21. The van der Waals surface area contributed by atoms with Crippen molar-refractivity contribution in [3.05, 3.63) is 183 Å². The largest absolute Gasteiger partial charge is 0.330 e. The Labute approximate surface area is 692 Å². The van der Waals surface area contributed by atoms with Crippen LogP contribution < -0.4 is 26.6 Å². The van der Waals surface area contributed by atoms with Gasteiger partial charge in [-0.1, -0.05) is 130 Å². The van der Waals surface area contributed by atoms with Crippen LogP contribution in [0.4, 0.5) is 29.7 Å². The topological polar surface area (TPSA) is 294 Å². The van der Waals surface area contributed by atoms with Crippen molar-refractivity contribution >= 4 is 138 Å². The smallest absolute Gasteiger partial charge is 0.232 e. The second kappa shape index (κ2) is 36.6. The zero-order valence-corrected chi connectivity index (χ0v) is 70.3. The van der Waals surface area contributed by atoms with Crippen LogP contribution in [0, 0.1) is 39.0 Å². The molecule has 10 aromatic heterocycles. The maximum absolute atomic E-state index is 12.5. The highest BCUT2D eigenvalue weighted by Gasteiger charge is 2.32. The van der Waals surface area contributed by atoms with E-state index < -0.39 is 0 Å². The number of carbonyl (C=O) groups excluding carboxylic acids is 4. The minimum absolute atomic E-state index is 0.00328. The molecule has 610 valence electrons. The number of hydrogen-bond acceptors (Lipinski definition) is 16. The summed E-state index contributed by atoms with van der Waals surface area (Å²) in [7, 11) is 0. The fourth-order valence-electron chi connectivity index (χ4n) is 15.1. The average molecular weight is 1620 g/mol. The Morgan fingerprint density at radius 2 is 0.803 bits per heavy atom. The molecule has 0 atom stereocenters. The van der Waals surface area contributed by atoms with Gasteiger partial charge in [-0.15, -0.1) is 0 Å². The highest BCUT2D eigenvalue weighted by Crippen LogP contribution is 2.42. The molecule has 0 spiro atoms.